The summed E-state index contributed by atoms with van der Waals surface area (Å²) >= 11 is 0. The van der Waals surface area contributed by atoms with Crippen molar-refractivity contribution in [3.63, 3.8) is 0 Å². The Kier molecular flexibility index (Phi) is 7.81. The number of rotatable bonds is 9. The van der Waals surface area contributed by atoms with Crippen molar-refractivity contribution in [3.8, 4) is 0 Å². The van der Waals surface area contributed by atoms with Gasteiger partial charge in [0.2, 0.25) is 10.0 Å². The zero-order valence-corrected chi connectivity index (χ0v) is 11.4. The first kappa shape index (κ1) is 17.7. The summed E-state index contributed by atoms with van der Waals surface area (Å²) in [5, 5.41) is 0. The standard InChI is InChI=1S/C10H21F3N2O2S/c1-15(8-4-2-3-7-14)18(16,17)9-5-6-10(11,12)13/h2-9,14H2,1H3. The minimum absolute atomic E-state index is 0.328. The molecule has 0 unspecified atom stereocenters. The molecule has 0 heterocycles. The Labute approximate surface area is 106 Å². The minimum Gasteiger partial charge on any atom is -0.330 e. The summed E-state index contributed by atoms with van der Waals surface area (Å²) in [5.41, 5.74) is 5.30. The predicted octanol–water partition coefficient (Wildman–Crippen LogP) is 1.72. The Morgan fingerprint density at radius 3 is 2.22 bits per heavy atom. The van der Waals surface area contributed by atoms with Gasteiger partial charge in [-0.25, -0.2) is 12.7 Å². The van der Waals surface area contributed by atoms with Gasteiger partial charge in [0.25, 0.3) is 0 Å². The third-order valence-electron chi connectivity index (χ3n) is 2.51. The highest BCUT2D eigenvalue weighted by atomic mass is 32.2. The summed E-state index contributed by atoms with van der Waals surface area (Å²) in [4.78, 5) is 0. The molecule has 0 aromatic rings. The fraction of sp³-hybridized carbons (Fsp3) is 1.00. The molecule has 18 heavy (non-hydrogen) atoms. The molecule has 8 heteroatoms. The van der Waals surface area contributed by atoms with E-state index in [0.29, 0.717) is 19.5 Å². The van der Waals surface area contributed by atoms with Crippen LogP contribution in [0, 0.1) is 0 Å². The molecule has 0 spiro atoms. The normalized spacial score (nSPS) is 13.2. The molecule has 0 aliphatic carbocycles. The third-order valence-corrected chi connectivity index (χ3v) is 4.45. The summed E-state index contributed by atoms with van der Waals surface area (Å²) in [6.07, 6.45) is -3.44. The fourth-order valence-corrected chi connectivity index (χ4v) is 2.63. The Hall–Kier alpha value is -0.340. The van der Waals surface area contributed by atoms with Gasteiger partial charge in [-0.2, -0.15) is 13.2 Å². The molecule has 0 atom stereocenters. The number of nitrogens with zero attached hydrogens (tertiary/aromatic N) is 1. The highest BCUT2D eigenvalue weighted by molar-refractivity contribution is 7.89. The van der Waals surface area contributed by atoms with Crippen molar-refractivity contribution < 1.29 is 21.6 Å². The largest absolute Gasteiger partial charge is 0.389 e. The van der Waals surface area contributed by atoms with E-state index in [1.165, 1.54) is 7.05 Å². The number of hydrogen-bond donors (Lipinski definition) is 1. The second-order valence-electron chi connectivity index (χ2n) is 4.21. The molecular formula is C10H21F3N2O2S. The van der Waals surface area contributed by atoms with Crippen LogP contribution in [0.1, 0.15) is 32.1 Å². The molecule has 0 saturated heterocycles. The topological polar surface area (TPSA) is 63.4 Å². The minimum atomic E-state index is -4.30. The molecule has 0 amide bonds. The smallest absolute Gasteiger partial charge is 0.330 e. The van der Waals surface area contributed by atoms with Gasteiger partial charge in [-0.15, -0.1) is 0 Å². The molecule has 0 radical (unpaired) electrons. The summed E-state index contributed by atoms with van der Waals surface area (Å²) < 4.78 is 60.1. The number of halogens is 3. The summed E-state index contributed by atoms with van der Waals surface area (Å²) in [6.45, 7) is 0.885. The highest BCUT2D eigenvalue weighted by Crippen LogP contribution is 2.21. The molecule has 0 aliphatic heterocycles. The zero-order valence-electron chi connectivity index (χ0n) is 10.5. The van der Waals surface area contributed by atoms with Crippen LogP contribution < -0.4 is 5.73 Å². The Balaban J connectivity index is 3.96. The average molecular weight is 290 g/mol. The fourth-order valence-electron chi connectivity index (χ4n) is 1.41. The molecule has 0 bridgehead atoms. The van der Waals surface area contributed by atoms with Gasteiger partial charge in [0.1, 0.15) is 0 Å². The average Bonchev–Trinajstić information content (AvgIpc) is 2.21. The van der Waals surface area contributed by atoms with Crippen LogP contribution in [-0.4, -0.2) is 44.8 Å². The number of unbranched alkanes of at least 4 members (excludes halogenated alkanes) is 2. The predicted molar refractivity (Wildman–Crippen MR) is 64.6 cm³/mol. The summed E-state index contributed by atoms with van der Waals surface area (Å²) in [6, 6.07) is 0. The van der Waals surface area contributed by atoms with Gasteiger partial charge >= 0.3 is 6.18 Å². The maximum absolute atomic E-state index is 11.9. The van der Waals surface area contributed by atoms with Crippen LogP contribution in [0.5, 0.6) is 0 Å². The van der Waals surface area contributed by atoms with Crippen LogP contribution in [-0.2, 0) is 10.0 Å². The molecule has 0 fully saturated rings. The number of hydrogen-bond acceptors (Lipinski definition) is 3. The number of nitrogens with two attached hydrogens (primary N) is 1. The van der Waals surface area contributed by atoms with Crippen molar-refractivity contribution in [2.24, 2.45) is 5.73 Å². The van der Waals surface area contributed by atoms with Crippen LogP contribution in [0.3, 0.4) is 0 Å². The summed E-state index contributed by atoms with van der Waals surface area (Å²) in [5.74, 6) is -0.458. The Morgan fingerprint density at radius 1 is 1.11 bits per heavy atom. The van der Waals surface area contributed by atoms with E-state index in [1.807, 2.05) is 0 Å². The van der Waals surface area contributed by atoms with Crippen molar-refractivity contribution in [2.45, 2.75) is 38.3 Å². The SMILES string of the molecule is CN(CCCCCN)S(=O)(=O)CCCC(F)(F)F. The second-order valence-corrected chi connectivity index (χ2v) is 6.40. The lowest BCUT2D eigenvalue weighted by Gasteiger charge is -2.17. The van der Waals surface area contributed by atoms with Crippen molar-refractivity contribution >= 4 is 10.0 Å². The van der Waals surface area contributed by atoms with E-state index in [4.69, 9.17) is 5.73 Å². The molecule has 110 valence electrons. The number of alkyl halides is 3. The number of sulfonamides is 1. The molecule has 0 saturated carbocycles. The Bertz CT molecular complexity index is 318. The lowest BCUT2D eigenvalue weighted by molar-refractivity contribution is -0.134. The van der Waals surface area contributed by atoms with E-state index in [9.17, 15) is 21.6 Å². The van der Waals surface area contributed by atoms with Crippen LogP contribution in [0.25, 0.3) is 0 Å². The maximum atomic E-state index is 11.9. The quantitative estimate of drug-likeness (QED) is 0.658. The zero-order chi connectivity index (χ0) is 14.2. The first-order chi connectivity index (χ1) is 8.19. The van der Waals surface area contributed by atoms with Gasteiger partial charge in [-0.1, -0.05) is 6.42 Å². The van der Waals surface area contributed by atoms with E-state index in [-0.39, 0.29) is 6.42 Å². The molecule has 4 nitrogen and oxygen atoms in total. The van der Waals surface area contributed by atoms with E-state index >= 15 is 0 Å². The first-order valence-corrected chi connectivity index (χ1v) is 7.51. The van der Waals surface area contributed by atoms with Crippen molar-refractivity contribution in [2.75, 3.05) is 25.9 Å². The summed E-state index contributed by atoms with van der Waals surface area (Å²) in [7, 11) is -2.17. The highest BCUT2D eigenvalue weighted by Gasteiger charge is 2.28. The van der Waals surface area contributed by atoms with Gasteiger partial charge in [-0.05, 0) is 25.8 Å². The molecular weight excluding hydrogens is 269 g/mol. The van der Waals surface area contributed by atoms with Gasteiger partial charge in [0, 0.05) is 20.0 Å². The first-order valence-electron chi connectivity index (χ1n) is 5.90. The van der Waals surface area contributed by atoms with Crippen molar-refractivity contribution in [1.82, 2.24) is 4.31 Å². The molecule has 0 aromatic heterocycles. The van der Waals surface area contributed by atoms with Gasteiger partial charge in [0.05, 0.1) is 5.75 Å². The van der Waals surface area contributed by atoms with Gasteiger partial charge < -0.3 is 5.73 Å². The molecule has 0 aromatic carbocycles. The molecule has 0 aliphatic rings. The lowest BCUT2D eigenvalue weighted by Crippen LogP contribution is -2.30. The van der Waals surface area contributed by atoms with E-state index in [2.05, 4.69) is 0 Å². The van der Waals surface area contributed by atoms with Crippen LogP contribution in [0.2, 0.25) is 0 Å². The van der Waals surface area contributed by atoms with Gasteiger partial charge in [-0.3, -0.25) is 0 Å². The monoisotopic (exact) mass is 290 g/mol. The van der Waals surface area contributed by atoms with Gasteiger partial charge in [0.15, 0.2) is 0 Å². The van der Waals surface area contributed by atoms with Crippen molar-refractivity contribution in [3.05, 3.63) is 0 Å². The molecule has 0 rings (SSSR count). The van der Waals surface area contributed by atoms with Crippen molar-refractivity contribution in [1.29, 1.82) is 0 Å². The van der Waals surface area contributed by atoms with Crippen LogP contribution in [0.15, 0.2) is 0 Å². The van der Waals surface area contributed by atoms with Crippen LogP contribution >= 0.6 is 0 Å². The van der Waals surface area contributed by atoms with Crippen LogP contribution in [0.4, 0.5) is 13.2 Å². The van der Waals surface area contributed by atoms with E-state index < -0.39 is 28.4 Å². The second kappa shape index (κ2) is 7.96. The third kappa shape index (κ3) is 8.71. The Morgan fingerprint density at radius 2 is 1.72 bits per heavy atom. The van der Waals surface area contributed by atoms with E-state index in [1.54, 1.807) is 0 Å². The molecule has 2 N–H and O–H groups in total. The lowest BCUT2D eigenvalue weighted by atomic mass is 10.2. The van der Waals surface area contributed by atoms with E-state index in [0.717, 1.165) is 17.1 Å². The maximum Gasteiger partial charge on any atom is 0.389 e.